The van der Waals surface area contributed by atoms with Crippen LogP contribution < -0.4 is 10.1 Å². The molecule has 0 aliphatic rings. The molecule has 0 atom stereocenters. The molecule has 0 spiro atoms. The summed E-state index contributed by atoms with van der Waals surface area (Å²) in [6.07, 6.45) is 0.577. The van der Waals surface area contributed by atoms with Gasteiger partial charge in [0.2, 0.25) is 5.78 Å². The van der Waals surface area contributed by atoms with Crippen LogP contribution in [0, 0.1) is 0 Å². The lowest BCUT2D eigenvalue weighted by atomic mass is 10.1. The molecule has 2 aromatic carbocycles. The molecule has 4 aromatic rings. The molecule has 0 bridgehead atoms. The molecule has 0 aliphatic carbocycles. The fourth-order valence-corrected chi connectivity index (χ4v) is 2.70. The third-order valence-electron chi connectivity index (χ3n) is 4.02. The molecule has 0 saturated carbocycles. The molecule has 29 heavy (non-hydrogen) atoms. The number of nitrogens with one attached hydrogen (secondary N) is 1. The van der Waals surface area contributed by atoms with E-state index in [1.165, 1.54) is 12.1 Å². The first kappa shape index (κ1) is 18.5. The van der Waals surface area contributed by atoms with Gasteiger partial charge >= 0.3 is 6.36 Å². The molecule has 1 amide bonds. The number of amides is 1. The molecule has 2 aromatic heterocycles. The fraction of sp³-hybridized carbons (Fsp3) is 0.0500. The minimum absolute atomic E-state index is 0.204. The Bertz CT molecular complexity index is 1120. The van der Waals surface area contributed by atoms with Crippen molar-refractivity contribution in [1.82, 2.24) is 14.4 Å². The van der Waals surface area contributed by atoms with Gasteiger partial charge in [-0.25, -0.2) is 9.97 Å². The lowest BCUT2D eigenvalue weighted by Gasteiger charge is -2.09. The lowest BCUT2D eigenvalue weighted by molar-refractivity contribution is -0.274. The van der Waals surface area contributed by atoms with Crippen LogP contribution in [0.15, 0.2) is 73.2 Å². The molecular formula is C20H13F3N4O2. The van der Waals surface area contributed by atoms with E-state index in [4.69, 9.17) is 0 Å². The monoisotopic (exact) mass is 398 g/mol. The van der Waals surface area contributed by atoms with Crippen LogP contribution >= 0.6 is 0 Å². The summed E-state index contributed by atoms with van der Waals surface area (Å²) >= 11 is 0. The van der Waals surface area contributed by atoms with E-state index in [1.54, 1.807) is 40.9 Å². The normalized spacial score (nSPS) is 11.4. The maximum Gasteiger partial charge on any atom is 0.573 e. The number of anilines is 1. The standard InChI is InChI=1S/C20H13F3N4O2/c21-20(22,23)29-16-8-4-14(5-9-16)18(28)25-15-6-2-13(3-7-15)17-12-27-11-1-10-24-19(27)26-17/h1-12H,(H,25,28). The van der Waals surface area contributed by atoms with Crippen LogP contribution in [0.1, 0.15) is 10.4 Å². The molecule has 2 heterocycles. The molecule has 0 saturated heterocycles. The third-order valence-corrected chi connectivity index (χ3v) is 4.02. The van der Waals surface area contributed by atoms with Crippen molar-refractivity contribution in [1.29, 1.82) is 0 Å². The van der Waals surface area contributed by atoms with E-state index in [-0.39, 0.29) is 11.3 Å². The van der Waals surface area contributed by atoms with Gasteiger partial charge in [-0.3, -0.25) is 9.20 Å². The zero-order chi connectivity index (χ0) is 20.4. The van der Waals surface area contributed by atoms with Gasteiger partial charge in [0, 0.05) is 35.4 Å². The molecule has 0 radical (unpaired) electrons. The predicted octanol–water partition coefficient (Wildman–Crippen LogP) is 4.55. The second kappa shape index (κ2) is 7.27. The van der Waals surface area contributed by atoms with Gasteiger partial charge < -0.3 is 10.1 Å². The highest BCUT2D eigenvalue weighted by atomic mass is 19.4. The van der Waals surface area contributed by atoms with Crippen LogP contribution in [0.5, 0.6) is 5.75 Å². The highest BCUT2D eigenvalue weighted by Crippen LogP contribution is 2.24. The second-order valence-corrected chi connectivity index (χ2v) is 6.06. The van der Waals surface area contributed by atoms with Crippen LogP contribution in [-0.4, -0.2) is 26.6 Å². The van der Waals surface area contributed by atoms with Gasteiger partial charge in [-0.15, -0.1) is 13.2 Å². The van der Waals surface area contributed by atoms with Crippen molar-refractivity contribution in [3.05, 3.63) is 78.8 Å². The van der Waals surface area contributed by atoms with E-state index in [9.17, 15) is 18.0 Å². The Morgan fingerprint density at radius 1 is 1.03 bits per heavy atom. The predicted molar refractivity (Wildman–Crippen MR) is 99.5 cm³/mol. The van der Waals surface area contributed by atoms with Gasteiger partial charge in [-0.05, 0) is 42.5 Å². The Balaban J connectivity index is 1.45. The molecule has 4 rings (SSSR count). The van der Waals surface area contributed by atoms with Crippen molar-refractivity contribution in [2.45, 2.75) is 6.36 Å². The highest BCUT2D eigenvalue weighted by molar-refractivity contribution is 6.04. The smallest absolute Gasteiger partial charge is 0.406 e. The Hall–Kier alpha value is -3.88. The van der Waals surface area contributed by atoms with Gasteiger partial charge in [0.15, 0.2) is 0 Å². The molecule has 146 valence electrons. The van der Waals surface area contributed by atoms with Crippen LogP contribution in [0.4, 0.5) is 18.9 Å². The van der Waals surface area contributed by atoms with E-state index < -0.39 is 12.3 Å². The average Bonchev–Trinajstić information content (AvgIpc) is 3.12. The lowest BCUT2D eigenvalue weighted by Crippen LogP contribution is -2.17. The van der Waals surface area contributed by atoms with Crippen molar-refractivity contribution >= 4 is 17.4 Å². The van der Waals surface area contributed by atoms with E-state index in [2.05, 4.69) is 20.0 Å². The summed E-state index contributed by atoms with van der Waals surface area (Å²) in [5.74, 6) is -0.258. The Morgan fingerprint density at radius 3 is 2.41 bits per heavy atom. The van der Waals surface area contributed by atoms with Crippen molar-refractivity contribution in [3.63, 3.8) is 0 Å². The summed E-state index contributed by atoms with van der Waals surface area (Å²) in [7, 11) is 0. The first-order valence-electron chi connectivity index (χ1n) is 8.45. The van der Waals surface area contributed by atoms with Crippen molar-refractivity contribution < 1.29 is 22.7 Å². The van der Waals surface area contributed by atoms with Gasteiger partial charge in [0.05, 0.1) is 5.69 Å². The van der Waals surface area contributed by atoms with Gasteiger partial charge in [-0.1, -0.05) is 12.1 Å². The fourth-order valence-electron chi connectivity index (χ4n) is 2.70. The number of aromatic nitrogens is 3. The zero-order valence-corrected chi connectivity index (χ0v) is 14.7. The molecule has 0 aliphatic heterocycles. The number of rotatable bonds is 4. The summed E-state index contributed by atoms with van der Waals surface area (Å²) < 4.78 is 42.2. The van der Waals surface area contributed by atoms with Gasteiger partial charge in [0.1, 0.15) is 5.75 Å². The summed E-state index contributed by atoms with van der Waals surface area (Å²) in [6.45, 7) is 0. The summed E-state index contributed by atoms with van der Waals surface area (Å²) in [5.41, 5.74) is 2.33. The van der Waals surface area contributed by atoms with E-state index in [0.717, 1.165) is 23.4 Å². The number of fused-ring (bicyclic) bond motifs is 1. The Morgan fingerprint density at radius 2 is 1.76 bits per heavy atom. The third kappa shape index (κ3) is 4.34. The number of halogens is 3. The zero-order valence-electron chi connectivity index (χ0n) is 14.7. The number of hydrogen-bond acceptors (Lipinski definition) is 4. The van der Waals surface area contributed by atoms with Crippen molar-refractivity contribution in [2.24, 2.45) is 0 Å². The van der Waals surface area contributed by atoms with Gasteiger partial charge in [-0.2, -0.15) is 0 Å². The number of hydrogen-bond donors (Lipinski definition) is 1. The Labute approximate surface area is 162 Å². The van der Waals surface area contributed by atoms with Crippen molar-refractivity contribution in [2.75, 3.05) is 5.32 Å². The number of ether oxygens (including phenoxy) is 1. The summed E-state index contributed by atoms with van der Waals surface area (Å²) in [5, 5.41) is 2.69. The summed E-state index contributed by atoms with van der Waals surface area (Å²) in [4.78, 5) is 20.9. The number of imidazole rings is 1. The number of carbonyl (C=O) groups excluding carboxylic acids is 1. The maximum atomic E-state index is 12.3. The Kier molecular flexibility index (Phi) is 4.63. The minimum Gasteiger partial charge on any atom is -0.406 e. The quantitative estimate of drug-likeness (QED) is 0.548. The molecular weight excluding hydrogens is 385 g/mol. The minimum atomic E-state index is -4.78. The first-order valence-corrected chi connectivity index (χ1v) is 8.45. The topological polar surface area (TPSA) is 68.5 Å². The second-order valence-electron chi connectivity index (χ2n) is 6.06. The van der Waals surface area contributed by atoms with E-state index >= 15 is 0 Å². The number of alkyl halides is 3. The van der Waals surface area contributed by atoms with Gasteiger partial charge in [0.25, 0.3) is 5.91 Å². The summed E-state index contributed by atoms with van der Waals surface area (Å²) in [6, 6.07) is 13.5. The average molecular weight is 398 g/mol. The van der Waals surface area contributed by atoms with Crippen LogP contribution in [0.3, 0.4) is 0 Å². The SMILES string of the molecule is O=C(Nc1ccc(-c2cn3cccnc3n2)cc1)c1ccc(OC(F)(F)F)cc1. The highest BCUT2D eigenvalue weighted by Gasteiger charge is 2.31. The molecule has 0 unspecified atom stereocenters. The van der Waals surface area contributed by atoms with E-state index in [1.807, 2.05) is 12.4 Å². The molecule has 1 N–H and O–H groups in total. The number of nitrogens with zero attached hydrogens (tertiary/aromatic N) is 3. The number of carbonyl (C=O) groups is 1. The molecule has 9 heteroatoms. The van der Waals surface area contributed by atoms with Crippen LogP contribution in [0.25, 0.3) is 17.0 Å². The van der Waals surface area contributed by atoms with E-state index in [0.29, 0.717) is 11.5 Å². The number of benzene rings is 2. The maximum absolute atomic E-state index is 12.3. The molecule has 0 fully saturated rings. The van der Waals surface area contributed by atoms with Crippen LogP contribution in [0.2, 0.25) is 0 Å². The van der Waals surface area contributed by atoms with Crippen molar-refractivity contribution in [3.8, 4) is 17.0 Å². The largest absolute Gasteiger partial charge is 0.573 e. The molecule has 6 nitrogen and oxygen atoms in total. The first-order chi connectivity index (χ1) is 13.9. The van der Waals surface area contributed by atoms with Crippen LogP contribution in [-0.2, 0) is 0 Å².